The van der Waals surface area contributed by atoms with E-state index in [4.69, 9.17) is 23.8 Å². The lowest BCUT2D eigenvalue weighted by atomic mass is 9.85. The molecule has 0 saturated carbocycles. The summed E-state index contributed by atoms with van der Waals surface area (Å²) in [7, 11) is 0. The molecule has 2 nitrogen and oxygen atoms in total. The van der Waals surface area contributed by atoms with Crippen molar-refractivity contribution in [2.45, 2.75) is 12.1 Å². The molecular weight excluding hydrogens is 300 g/mol. The summed E-state index contributed by atoms with van der Waals surface area (Å²) in [5, 5.41) is 4.44. The summed E-state index contributed by atoms with van der Waals surface area (Å²) < 4.78 is 0. The maximum Gasteiger partial charge on any atom is 0.122 e. The Hall–Kier alpha value is -1.42. The monoisotopic (exact) mass is 314 g/mol. The lowest BCUT2D eigenvalue weighted by Gasteiger charge is -2.44. The van der Waals surface area contributed by atoms with E-state index in [1.165, 1.54) is 16.7 Å². The Morgan fingerprint density at radius 1 is 1.10 bits per heavy atom. The van der Waals surface area contributed by atoms with Crippen LogP contribution < -0.4 is 5.32 Å². The van der Waals surface area contributed by atoms with Gasteiger partial charge in [-0.3, -0.25) is 5.32 Å². The van der Waals surface area contributed by atoms with E-state index in [9.17, 15) is 0 Å². The van der Waals surface area contributed by atoms with Crippen LogP contribution in [-0.2, 0) is 12.1 Å². The lowest BCUT2D eigenvalue weighted by Crippen LogP contribution is -2.55. The molecule has 2 aromatic carbocycles. The fraction of sp³-hybridized carbons (Fsp3) is 0.235. The van der Waals surface area contributed by atoms with Gasteiger partial charge in [-0.05, 0) is 23.3 Å². The van der Waals surface area contributed by atoms with Gasteiger partial charge in [0.15, 0.2) is 0 Å². The Labute approximate surface area is 134 Å². The molecule has 4 heteroatoms. The summed E-state index contributed by atoms with van der Waals surface area (Å²) in [6.07, 6.45) is 0.922. The van der Waals surface area contributed by atoms with Crippen molar-refractivity contribution in [3.05, 3.63) is 70.2 Å². The smallest absolute Gasteiger partial charge is 0.122 e. The summed E-state index contributed by atoms with van der Waals surface area (Å²) >= 11 is 11.8. The molecule has 1 unspecified atom stereocenters. The number of thiocarbonyl (C=S) groups is 1. The van der Waals surface area contributed by atoms with Gasteiger partial charge in [0.05, 0.1) is 0 Å². The fourth-order valence-corrected chi connectivity index (χ4v) is 4.06. The number of nitrogens with one attached hydrogen (secondary N) is 1. The van der Waals surface area contributed by atoms with E-state index in [2.05, 4.69) is 46.6 Å². The van der Waals surface area contributed by atoms with Crippen LogP contribution in [0.1, 0.15) is 16.7 Å². The van der Waals surface area contributed by atoms with Crippen molar-refractivity contribution in [3.63, 3.8) is 0 Å². The first-order chi connectivity index (χ1) is 10.2. The number of fused-ring (bicyclic) bond motifs is 2. The third-order valence-electron chi connectivity index (χ3n) is 4.47. The highest BCUT2D eigenvalue weighted by Gasteiger charge is 2.47. The minimum Gasteiger partial charge on any atom is -0.338 e. The molecule has 1 saturated heterocycles. The maximum atomic E-state index is 6.04. The number of rotatable bonds is 1. The van der Waals surface area contributed by atoms with Gasteiger partial charge in [-0.25, -0.2) is 0 Å². The fourth-order valence-electron chi connectivity index (χ4n) is 3.48. The van der Waals surface area contributed by atoms with E-state index in [-0.39, 0.29) is 5.66 Å². The number of hydrogen-bond acceptors (Lipinski definition) is 2. The largest absolute Gasteiger partial charge is 0.338 e. The Kier molecular flexibility index (Phi) is 3.03. The molecule has 0 radical (unpaired) electrons. The van der Waals surface area contributed by atoms with Crippen molar-refractivity contribution in [3.8, 4) is 0 Å². The van der Waals surface area contributed by atoms with Crippen LogP contribution in [0.25, 0.3) is 0 Å². The van der Waals surface area contributed by atoms with Gasteiger partial charge in [0.25, 0.3) is 0 Å². The van der Waals surface area contributed by atoms with E-state index >= 15 is 0 Å². The topological polar surface area (TPSA) is 15.3 Å². The number of benzene rings is 2. The van der Waals surface area contributed by atoms with Crippen molar-refractivity contribution in [2.75, 3.05) is 13.1 Å². The van der Waals surface area contributed by atoms with Crippen LogP contribution in [0, 0.1) is 0 Å². The van der Waals surface area contributed by atoms with Crippen LogP contribution in [0.2, 0.25) is 5.02 Å². The standard InChI is InChI=1S/C17H15ClN2S/c18-14-7-5-13(6-8-14)17-11-12-3-1-2-4-15(12)16(21)20(17)10-9-19-17/h1-8,19H,9-11H2. The molecule has 2 aromatic rings. The Balaban J connectivity index is 1.88. The molecule has 0 bridgehead atoms. The van der Waals surface area contributed by atoms with Crippen molar-refractivity contribution < 1.29 is 0 Å². The number of nitrogens with zero attached hydrogens (tertiary/aromatic N) is 1. The third-order valence-corrected chi connectivity index (χ3v) is 5.17. The average molecular weight is 315 g/mol. The molecule has 1 fully saturated rings. The Morgan fingerprint density at radius 2 is 1.86 bits per heavy atom. The molecule has 1 N–H and O–H groups in total. The SMILES string of the molecule is S=C1c2ccccc2CC2(c3ccc(Cl)cc3)NCCN12. The predicted molar refractivity (Wildman–Crippen MR) is 89.7 cm³/mol. The molecule has 1 atom stereocenters. The summed E-state index contributed by atoms with van der Waals surface area (Å²) in [5.74, 6) is 0. The molecule has 2 aliphatic rings. The lowest BCUT2D eigenvalue weighted by molar-refractivity contribution is 0.198. The van der Waals surface area contributed by atoms with Gasteiger partial charge in [0.1, 0.15) is 10.7 Å². The first kappa shape index (κ1) is 13.3. The summed E-state index contributed by atoms with van der Waals surface area (Å²) in [6.45, 7) is 1.88. The first-order valence-electron chi connectivity index (χ1n) is 7.12. The first-order valence-corrected chi connectivity index (χ1v) is 7.90. The van der Waals surface area contributed by atoms with Gasteiger partial charge in [0.2, 0.25) is 0 Å². The van der Waals surface area contributed by atoms with Crippen molar-refractivity contribution in [2.24, 2.45) is 0 Å². The van der Waals surface area contributed by atoms with Gasteiger partial charge < -0.3 is 4.90 Å². The van der Waals surface area contributed by atoms with Crippen LogP contribution in [0.15, 0.2) is 48.5 Å². The highest BCUT2D eigenvalue weighted by Crippen LogP contribution is 2.39. The van der Waals surface area contributed by atoms with E-state index in [1.807, 2.05) is 12.1 Å². The average Bonchev–Trinajstić information content (AvgIpc) is 2.93. The number of hydrogen-bond donors (Lipinski definition) is 1. The highest BCUT2D eigenvalue weighted by atomic mass is 35.5. The molecular formula is C17H15ClN2S. The zero-order valence-corrected chi connectivity index (χ0v) is 13.0. The Morgan fingerprint density at radius 3 is 2.67 bits per heavy atom. The van der Waals surface area contributed by atoms with E-state index in [1.54, 1.807) is 0 Å². The van der Waals surface area contributed by atoms with Crippen molar-refractivity contribution in [1.82, 2.24) is 10.2 Å². The highest BCUT2D eigenvalue weighted by molar-refractivity contribution is 7.80. The summed E-state index contributed by atoms with van der Waals surface area (Å²) in [4.78, 5) is 3.27. The molecule has 0 aromatic heterocycles. The minimum absolute atomic E-state index is 0.226. The minimum atomic E-state index is -0.226. The van der Waals surface area contributed by atoms with Crippen LogP contribution in [0.5, 0.6) is 0 Å². The molecule has 2 heterocycles. The van der Waals surface area contributed by atoms with Crippen molar-refractivity contribution in [1.29, 1.82) is 0 Å². The van der Waals surface area contributed by atoms with Crippen LogP contribution in [-0.4, -0.2) is 23.0 Å². The predicted octanol–water partition coefficient (Wildman–Crippen LogP) is 3.33. The molecule has 2 aliphatic heterocycles. The van der Waals surface area contributed by atoms with Gasteiger partial charge in [-0.1, -0.05) is 60.2 Å². The zero-order valence-electron chi connectivity index (χ0n) is 11.5. The summed E-state index contributed by atoms with van der Waals surface area (Å²) in [5.41, 5.74) is 3.50. The van der Waals surface area contributed by atoms with Gasteiger partial charge >= 0.3 is 0 Å². The zero-order chi connectivity index (χ0) is 14.4. The molecule has 0 spiro atoms. The van der Waals surface area contributed by atoms with Crippen LogP contribution >= 0.6 is 23.8 Å². The molecule has 106 valence electrons. The van der Waals surface area contributed by atoms with Crippen LogP contribution in [0.4, 0.5) is 0 Å². The van der Waals surface area contributed by atoms with Gasteiger partial charge in [-0.2, -0.15) is 0 Å². The number of halogens is 1. The van der Waals surface area contributed by atoms with E-state index < -0.39 is 0 Å². The Bertz CT molecular complexity index is 713. The normalized spacial score (nSPS) is 23.9. The maximum absolute atomic E-state index is 6.04. The van der Waals surface area contributed by atoms with Crippen molar-refractivity contribution >= 4 is 28.8 Å². The second-order valence-electron chi connectivity index (χ2n) is 5.58. The second kappa shape index (κ2) is 4.80. The summed E-state index contributed by atoms with van der Waals surface area (Å²) in [6, 6.07) is 16.6. The molecule has 21 heavy (non-hydrogen) atoms. The van der Waals surface area contributed by atoms with E-state index in [0.29, 0.717) is 0 Å². The second-order valence-corrected chi connectivity index (χ2v) is 6.41. The quantitative estimate of drug-likeness (QED) is 0.813. The van der Waals surface area contributed by atoms with Crippen LogP contribution in [0.3, 0.4) is 0 Å². The third kappa shape index (κ3) is 1.92. The molecule has 0 aliphatic carbocycles. The van der Waals surface area contributed by atoms with Gasteiger partial charge in [0, 0.05) is 30.1 Å². The van der Waals surface area contributed by atoms with E-state index in [0.717, 1.165) is 29.5 Å². The molecule has 4 rings (SSSR count). The molecule has 0 amide bonds. The van der Waals surface area contributed by atoms with Gasteiger partial charge in [-0.15, -0.1) is 0 Å².